The number of hydrogen-bond acceptors (Lipinski definition) is 4. The summed E-state index contributed by atoms with van der Waals surface area (Å²) in [7, 11) is -1.86. The van der Waals surface area contributed by atoms with Crippen LogP contribution in [0.1, 0.15) is 31.2 Å². The second-order valence-electron chi connectivity index (χ2n) is 5.62. The molecule has 1 saturated carbocycles. The van der Waals surface area contributed by atoms with Crippen LogP contribution in [0.5, 0.6) is 0 Å². The van der Waals surface area contributed by atoms with Crippen molar-refractivity contribution in [2.45, 2.75) is 43.0 Å². The van der Waals surface area contributed by atoms with Crippen molar-refractivity contribution in [3.05, 3.63) is 29.8 Å². The molecule has 0 saturated heterocycles. The second kappa shape index (κ2) is 6.87. The Labute approximate surface area is 126 Å². The maximum Gasteiger partial charge on any atom is 0.241 e. The molecule has 1 aliphatic carbocycles. The lowest BCUT2D eigenvalue weighted by atomic mass is 10.1. The number of rotatable bonds is 9. The normalized spacial score (nSPS) is 16.9. The Hall–Kier alpha value is -0.950. The van der Waals surface area contributed by atoms with Crippen molar-refractivity contribution >= 4 is 10.0 Å². The monoisotopic (exact) mass is 313 g/mol. The average Bonchev–Trinajstić information content (AvgIpc) is 3.18. The molecule has 6 heteroatoms. The van der Waals surface area contributed by atoms with E-state index >= 15 is 0 Å². The minimum Gasteiger partial charge on any atom is -0.359 e. The molecule has 5 nitrogen and oxygen atoms in total. The summed E-state index contributed by atoms with van der Waals surface area (Å²) in [5.74, 6) is 0. The molecule has 0 bridgehead atoms. The van der Waals surface area contributed by atoms with E-state index in [0.717, 1.165) is 31.2 Å². The predicted octanol–water partition coefficient (Wildman–Crippen LogP) is 2.21. The van der Waals surface area contributed by atoms with Gasteiger partial charge >= 0.3 is 0 Å². The number of benzene rings is 1. The Morgan fingerprint density at radius 3 is 2.71 bits per heavy atom. The van der Waals surface area contributed by atoms with E-state index in [4.69, 9.17) is 9.47 Å². The summed E-state index contributed by atoms with van der Waals surface area (Å²) in [5.41, 5.74) is 0.662. The quantitative estimate of drug-likeness (QED) is 0.561. The fraction of sp³-hybridized carbons (Fsp3) is 0.600. The first-order valence-corrected chi connectivity index (χ1v) is 8.63. The van der Waals surface area contributed by atoms with Gasteiger partial charge in [0, 0.05) is 19.3 Å². The van der Waals surface area contributed by atoms with Gasteiger partial charge in [-0.3, -0.25) is 0 Å². The zero-order valence-electron chi connectivity index (χ0n) is 12.6. The summed E-state index contributed by atoms with van der Waals surface area (Å²) in [6, 6.07) is 6.98. The molecule has 1 aromatic carbocycles. The van der Waals surface area contributed by atoms with Crippen LogP contribution in [0.3, 0.4) is 0 Å². The third-order valence-electron chi connectivity index (χ3n) is 3.65. The lowest BCUT2D eigenvalue weighted by molar-refractivity contribution is -0.0320. The van der Waals surface area contributed by atoms with Crippen LogP contribution >= 0.6 is 0 Å². The molecule has 2 rings (SSSR count). The van der Waals surface area contributed by atoms with Gasteiger partial charge in [0.2, 0.25) is 10.0 Å². The maximum atomic E-state index is 12.4. The minimum absolute atomic E-state index is 0.279. The first-order chi connectivity index (χ1) is 9.97. The molecule has 1 aromatic rings. The van der Waals surface area contributed by atoms with Crippen molar-refractivity contribution in [2.75, 3.05) is 20.5 Å². The first-order valence-electron chi connectivity index (χ1n) is 7.15. The lowest BCUT2D eigenvalue weighted by Crippen LogP contribution is -2.37. The third-order valence-corrected chi connectivity index (χ3v) is 5.23. The zero-order valence-corrected chi connectivity index (χ0v) is 13.4. The van der Waals surface area contributed by atoms with Gasteiger partial charge in [0.15, 0.2) is 0 Å². The number of aryl methyl sites for hydroxylation is 1. The topological polar surface area (TPSA) is 64.6 Å². The number of nitrogens with one attached hydrogen (secondary N) is 1. The Balaban J connectivity index is 1.91. The van der Waals surface area contributed by atoms with E-state index in [-0.39, 0.29) is 12.3 Å². The van der Waals surface area contributed by atoms with Crippen molar-refractivity contribution in [1.29, 1.82) is 0 Å². The standard InChI is InChI=1S/C15H23NO4S/c1-13-5-3-6-14(11-13)21(17,18)16-15(8-9-15)7-4-10-20-12-19-2/h3,5-6,11,16H,4,7-10,12H2,1-2H3. The molecule has 21 heavy (non-hydrogen) atoms. The number of methoxy groups -OCH3 is 1. The highest BCUT2D eigenvalue weighted by atomic mass is 32.2. The maximum absolute atomic E-state index is 12.4. The van der Waals surface area contributed by atoms with Gasteiger partial charge in [0.05, 0.1) is 4.90 Å². The molecule has 0 unspecified atom stereocenters. The minimum atomic E-state index is -3.44. The molecule has 0 atom stereocenters. The molecule has 0 heterocycles. The predicted molar refractivity (Wildman–Crippen MR) is 80.5 cm³/mol. The molecular formula is C15H23NO4S. The summed E-state index contributed by atoms with van der Waals surface area (Å²) < 4.78 is 37.7. The number of ether oxygens (including phenoxy) is 2. The molecular weight excluding hydrogens is 290 g/mol. The van der Waals surface area contributed by atoms with Crippen LogP contribution in [0.25, 0.3) is 0 Å². The van der Waals surface area contributed by atoms with Crippen molar-refractivity contribution in [2.24, 2.45) is 0 Å². The summed E-state index contributed by atoms with van der Waals surface area (Å²) >= 11 is 0. The highest BCUT2D eigenvalue weighted by Gasteiger charge is 2.45. The van der Waals surface area contributed by atoms with Gasteiger partial charge in [0.25, 0.3) is 0 Å². The summed E-state index contributed by atoms with van der Waals surface area (Å²) in [6.07, 6.45) is 3.39. The lowest BCUT2D eigenvalue weighted by Gasteiger charge is -2.17. The molecule has 0 radical (unpaired) electrons. The summed E-state index contributed by atoms with van der Waals surface area (Å²) in [4.78, 5) is 0.337. The highest BCUT2D eigenvalue weighted by molar-refractivity contribution is 7.89. The Kier molecular flexibility index (Phi) is 5.37. The van der Waals surface area contributed by atoms with Gasteiger partial charge in [-0.2, -0.15) is 0 Å². The van der Waals surface area contributed by atoms with Crippen LogP contribution in [0, 0.1) is 6.92 Å². The smallest absolute Gasteiger partial charge is 0.241 e. The second-order valence-corrected chi connectivity index (χ2v) is 7.30. The van der Waals surface area contributed by atoms with Crippen LogP contribution in [-0.2, 0) is 19.5 Å². The third kappa shape index (κ3) is 4.78. The molecule has 118 valence electrons. The van der Waals surface area contributed by atoms with E-state index in [2.05, 4.69) is 4.72 Å². The molecule has 0 amide bonds. The first kappa shape index (κ1) is 16.4. The van der Waals surface area contributed by atoms with Crippen LogP contribution in [0.15, 0.2) is 29.2 Å². The summed E-state index contributed by atoms with van der Waals surface area (Å²) in [6.45, 7) is 2.75. The Morgan fingerprint density at radius 1 is 1.33 bits per heavy atom. The van der Waals surface area contributed by atoms with E-state index in [1.165, 1.54) is 0 Å². The largest absolute Gasteiger partial charge is 0.359 e. The highest BCUT2D eigenvalue weighted by Crippen LogP contribution is 2.41. The number of hydrogen-bond donors (Lipinski definition) is 1. The SMILES string of the molecule is COCOCCCC1(NS(=O)(=O)c2cccc(C)c2)CC1. The van der Waals surface area contributed by atoms with Crippen LogP contribution in [0.2, 0.25) is 0 Å². The molecule has 1 N–H and O–H groups in total. The Morgan fingerprint density at radius 2 is 2.10 bits per heavy atom. The van der Waals surface area contributed by atoms with Gasteiger partial charge in [-0.25, -0.2) is 13.1 Å². The van der Waals surface area contributed by atoms with Crippen LogP contribution in [0.4, 0.5) is 0 Å². The average molecular weight is 313 g/mol. The van der Waals surface area contributed by atoms with Crippen LogP contribution in [-0.4, -0.2) is 34.5 Å². The van der Waals surface area contributed by atoms with E-state index in [1.807, 2.05) is 13.0 Å². The number of sulfonamides is 1. The van der Waals surface area contributed by atoms with Crippen molar-refractivity contribution in [3.8, 4) is 0 Å². The van der Waals surface area contributed by atoms with Gasteiger partial charge in [0.1, 0.15) is 6.79 Å². The van der Waals surface area contributed by atoms with E-state index in [9.17, 15) is 8.42 Å². The van der Waals surface area contributed by atoms with Crippen molar-refractivity contribution in [3.63, 3.8) is 0 Å². The fourth-order valence-electron chi connectivity index (χ4n) is 2.34. The zero-order chi connectivity index (χ0) is 15.3. The Bertz CT molecular complexity index is 567. The van der Waals surface area contributed by atoms with Gasteiger partial charge in [-0.1, -0.05) is 12.1 Å². The van der Waals surface area contributed by atoms with E-state index in [0.29, 0.717) is 11.5 Å². The molecule has 0 aliphatic heterocycles. The molecule has 1 fully saturated rings. The van der Waals surface area contributed by atoms with Crippen molar-refractivity contribution in [1.82, 2.24) is 4.72 Å². The summed E-state index contributed by atoms with van der Waals surface area (Å²) in [5, 5.41) is 0. The molecule has 0 spiro atoms. The fourth-order valence-corrected chi connectivity index (χ4v) is 3.93. The van der Waals surface area contributed by atoms with E-state index in [1.54, 1.807) is 25.3 Å². The van der Waals surface area contributed by atoms with Crippen LogP contribution < -0.4 is 4.72 Å². The molecule has 1 aliphatic rings. The van der Waals surface area contributed by atoms with E-state index < -0.39 is 10.0 Å². The van der Waals surface area contributed by atoms with Gasteiger partial charge in [-0.15, -0.1) is 0 Å². The molecule has 0 aromatic heterocycles. The van der Waals surface area contributed by atoms with Crippen molar-refractivity contribution < 1.29 is 17.9 Å². The van der Waals surface area contributed by atoms with Gasteiger partial charge in [-0.05, 0) is 50.3 Å². The van der Waals surface area contributed by atoms with Gasteiger partial charge < -0.3 is 9.47 Å².